The first-order valence-electron chi connectivity index (χ1n) is 6.92. The molecule has 116 valence electrons. The molecule has 2 N–H and O–H groups in total. The van der Waals surface area contributed by atoms with E-state index in [2.05, 4.69) is 20.8 Å². The Morgan fingerprint density at radius 2 is 1.65 bits per heavy atom. The van der Waals surface area contributed by atoms with Gasteiger partial charge in [0.05, 0.1) is 10.7 Å². The van der Waals surface area contributed by atoms with Crippen LogP contribution in [0.4, 0.5) is 11.6 Å². The maximum absolute atomic E-state index is 12.1. The van der Waals surface area contributed by atoms with Crippen LogP contribution in [0.1, 0.15) is 0 Å². The minimum absolute atomic E-state index is 0.173. The summed E-state index contributed by atoms with van der Waals surface area (Å²) < 4.78 is 1.36. The van der Waals surface area contributed by atoms with Gasteiger partial charge >= 0.3 is 5.69 Å². The van der Waals surface area contributed by atoms with Gasteiger partial charge in [0.2, 0.25) is 5.95 Å². The minimum Gasteiger partial charge on any atom is -0.298 e. The van der Waals surface area contributed by atoms with Crippen molar-refractivity contribution in [3.05, 3.63) is 70.1 Å². The first-order chi connectivity index (χ1) is 11.1. The largest absolute Gasteiger partial charge is 0.352 e. The number of nitrogens with zero attached hydrogens (tertiary/aromatic N) is 3. The second-order valence-electron chi connectivity index (χ2n) is 4.81. The Labute approximate surface area is 137 Å². The minimum atomic E-state index is -0.424. The maximum Gasteiger partial charge on any atom is 0.352 e. The molecule has 0 aliphatic carbocycles. The van der Waals surface area contributed by atoms with Crippen molar-refractivity contribution in [3.8, 4) is 11.4 Å². The van der Waals surface area contributed by atoms with Gasteiger partial charge in [-0.3, -0.25) is 15.4 Å². The maximum atomic E-state index is 12.1. The van der Waals surface area contributed by atoms with Crippen LogP contribution >= 0.6 is 11.6 Å². The van der Waals surface area contributed by atoms with Gasteiger partial charge in [0.15, 0.2) is 0 Å². The fraction of sp³-hybridized carbons (Fsp3) is 0.0625. The summed E-state index contributed by atoms with van der Waals surface area (Å²) in [7, 11) is 1.61. The molecule has 6 nitrogen and oxygen atoms in total. The molecule has 0 fully saturated rings. The smallest absolute Gasteiger partial charge is 0.298 e. The zero-order chi connectivity index (χ0) is 16.2. The Bertz CT molecular complexity index is 879. The summed E-state index contributed by atoms with van der Waals surface area (Å²) in [4.78, 5) is 20.3. The number of nitrogens with one attached hydrogen (secondary N) is 2. The normalized spacial score (nSPS) is 10.3. The number of halogens is 1. The van der Waals surface area contributed by atoms with Crippen LogP contribution in [-0.4, -0.2) is 14.5 Å². The molecule has 0 amide bonds. The molecule has 0 aliphatic rings. The van der Waals surface area contributed by atoms with E-state index in [1.165, 1.54) is 4.57 Å². The van der Waals surface area contributed by atoms with Crippen LogP contribution in [0.5, 0.6) is 0 Å². The van der Waals surface area contributed by atoms with Crippen LogP contribution in [0.3, 0.4) is 0 Å². The van der Waals surface area contributed by atoms with E-state index in [1.54, 1.807) is 19.2 Å². The van der Waals surface area contributed by atoms with Gasteiger partial charge in [0.25, 0.3) is 0 Å². The van der Waals surface area contributed by atoms with Gasteiger partial charge in [-0.25, -0.2) is 4.79 Å². The molecule has 0 spiro atoms. The first-order valence-corrected chi connectivity index (χ1v) is 7.30. The van der Waals surface area contributed by atoms with E-state index in [9.17, 15) is 4.79 Å². The lowest BCUT2D eigenvalue weighted by Crippen LogP contribution is -2.26. The van der Waals surface area contributed by atoms with E-state index in [0.717, 1.165) is 5.69 Å². The van der Waals surface area contributed by atoms with Gasteiger partial charge in [-0.2, -0.15) is 9.97 Å². The van der Waals surface area contributed by atoms with Crippen LogP contribution in [0.25, 0.3) is 11.4 Å². The molecule has 3 aromatic rings. The molecule has 0 bridgehead atoms. The summed E-state index contributed by atoms with van der Waals surface area (Å²) in [5.74, 6) is 0.611. The van der Waals surface area contributed by atoms with Gasteiger partial charge in [-0.1, -0.05) is 41.9 Å². The van der Waals surface area contributed by atoms with Crippen LogP contribution < -0.4 is 16.5 Å². The van der Waals surface area contributed by atoms with Crippen molar-refractivity contribution in [1.29, 1.82) is 0 Å². The van der Waals surface area contributed by atoms with E-state index < -0.39 is 5.69 Å². The molecular formula is C16H14ClN5O. The van der Waals surface area contributed by atoms with Crippen LogP contribution in [-0.2, 0) is 7.05 Å². The molecule has 1 aromatic heterocycles. The highest BCUT2D eigenvalue weighted by Gasteiger charge is 2.12. The quantitative estimate of drug-likeness (QED) is 0.721. The summed E-state index contributed by atoms with van der Waals surface area (Å²) in [5, 5.41) is 0.517. The van der Waals surface area contributed by atoms with Crippen molar-refractivity contribution in [2.45, 2.75) is 0 Å². The number of para-hydroxylation sites is 1. The van der Waals surface area contributed by atoms with Gasteiger partial charge in [0, 0.05) is 12.6 Å². The van der Waals surface area contributed by atoms with Crippen LogP contribution in [0, 0.1) is 0 Å². The summed E-state index contributed by atoms with van der Waals surface area (Å²) in [6.07, 6.45) is 0. The average Bonchev–Trinajstić information content (AvgIpc) is 2.57. The summed E-state index contributed by atoms with van der Waals surface area (Å²) in [6, 6.07) is 16.7. The van der Waals surface area contributed by atoms with E-state index >= 15 is 0 Å². The predicted octanol–water partition coefficient (Wildman–Crippen LogP) is 2.93. The highest BCUT2D eigenvalue weighted by molar-refractivity contribution is 6.33. The Morgan fingerprint density at radius 1 is 0.957 bits per heavy atom. The average molecular weight is 328 g/mol. The first kappa shape index (κ1) is 15.1. The molecule has 2 aromatic carbocycles. The Morgan fingerprint density at radius 3 is 2.39 bits per heavy atom. The lowest BCUT2D eigenvalue weighted by atomic mass is 10.2. The number of rotatable bonds is 4. The van der Waals surface area contributed by atoms with Crippen molar-refractivity contribution in [2.75, 3.05) is 10.9 Å². The molecule has 7 heteroatoms. The van der Waals surface area contributed by atoms with Gasteiger partial charge in [-0.05, 0) is 24.3 Å². The number of benzene rings is 2. The zero-order valence-corrected chi connectivity index (χ0v) is 13.1. The van der Waals surface area contributed by atoms with Crippen molar-refractivity contribution in [1.82, 2.24) is 14.5 Å². The monoisotopic (exact) mass is 327 g/mol. The van der Waals surface area contributed by atoms with Gasteiger partial charge in [-0.15, -0.1) is 0 Å². The standard InChI is InChI=1S/C16H14ClN5O/c1-22-14(12-9-5-6-10-13(12)17)18-15(19-16(22)23)21-20-11-7-3-2-4-8-11/h2-10,20H,1H3,(H,19,21,23). The summed E-state index contributed by atoms with van der Waals surface area (Å²) in [5.41, 5.74) is 6.85. The molecule has 23 heavy (non-hydrogen) atoms. The van der Waals surface area contributed by atoms with Crippen LogP contribution in [0.15, 0.2) is 59.4 Å². The molecule has 0 saturated heterocycles. The van der Waals surface area contributed by atoms with Crippen molar-refractivity contribution < 1.29 is 0 Å². The predicted molar refractivity (Wildman–Crippen MR) is 91.4 cm³/mol. The van der Waals surface area contributed by atoms with E-state index in [0.29, 0.717) is 16.4 Å². The molecule has 0 aliphatic heterocycles. The van der Waals surface area contributed by atoms with Crippen LogP contribution in [0.2, 0.25) is 5.02 Å². The molecule has 3 rings (SSSR count). The van der Waals surface area contributed by atoms with E-state index in [4.69, 9.17) is 11.6 Å². The molecule has 1 heterocycles. The third kappa shape index (κ3) is 3.32. The molecule has 0 unspecified atom stereocenters. The summed E-state index contributed by atoms with van der Waals surface area (Å²) >= 11 is 6.20. The Balaban J connectivity index is 1.94. The lowest BCUT2D eigenvalue weighted by molar-refractivity contribution is 0.786. The zero-order valence-electron chi connectivity index (χ0n) is 12.3. The molecule has 0 radical (unpaired) electrons. The molecule has 0 saturated carbocycles. The molecular weight excluding hydrogens is 314 g/mol. The second-order valence-corrected chi connectivity index (χ2v) is 5.22. The second kappa shape index (κ2) is 6.50. The SMILES string of the molecule is Cn1c(-c2ccccc2Cl)nc(NNc2ccccc2)nc1=O. The number of anilines is 2. The van der Waals surface area contributed by atoms with Gasteiger partial charge < -0.3 is 0 Å². The van der Waals surface area contributed by atoms with E-state index in [-0.39, 0.29) is 5.95 Å². The third-order valence-electron chi connectivity index (χ3n) is 3.23. The highest BCUT2D eigenvalue weighted by atomic mass is 35.5. The van der Waals surface area contributed by atoms with Crippen molar-refractivity contribution in [3.63, 3.8) is 0 Å². The van der Waals surface area contributed by atoms with Crippen molar-refractivity contribution >= 4 is 23.2 Å². The fourth-order valence-corrected chi connectivity index (χ4v) is 2.27. The van der Waals surface area contributed by atoms with Gasteiger partial charge in [0.1, 0.15) is 5.82 Å². The lowest BCUT2D eigenvalue weighted by Gasteiger charge is -2.12. The number of hydrogen-bond acceptors (Lipinski definition) is 5. The number of hydrogen-bond donors (Lipinski definition) is 2. The fourth-order valence-electron chi connectivity index (χ4n) is 2.05. The number of hydrazine groups is 1. The number of aromatic nitrogens is 3. The van der Waals surface area contributed by atoms with Crippen molar-refractivity contribution in [2.24, 2.45) is 7.05 Å². The summed E-state index contributed by atoms with van der Waals surface area (Å²) in [6.45, 7) is 0. The highest BCUT2D eigenvalue weighted by Crippen LogP contribution is 2.25. The Hall–Kier alpha value is -2.86. The third-order valence-corrected chi connectivity index (χ3v) is 3.55. The molecule has 0 atom stereocenters. The Kier molecular flexibility index (Phi) is 4.25. The van der Waals surface area contributed by atoms with E-state index in [1.807, 2.05) is 42.5 Å². The topological polar surface area (TPSA) is 71.8 Å².